The SMILES string of the molecule is CO/C=C/C1(O[Si](C)(C)C(C)(C)C)CC1(C)C. The van der Waals surface area contributed by atoms with E-state index in [2.05, 4.69) is 53.8 Å². The molecule has 0 radical (unpaired) electrons. The quantitative estimate of drug-likeness (QED) is 0.550. The van der Waals surface area contributed by atoms with Crippen molar-refractivity contribution in [2.75, 3.05) is 7.11 Å². The molecule has 0 aliphatic heterocycles. The van der Waals surface area contributed by atoms with Crippen LogP contribution in [0.25, 0.3) is 0 Å². The first-order valence-electron chi connectivity index (χ1n) is 6.38. The van der Waals surface area contributed by atoms with E-state index < -0.39 is 8.32 Å². The van der Waals surface area contributed by atoms with Crippen LogP contribution in [0.4, 0.5) is 0 Å². The number of methoxy groups -OCH3 is 1. The standard InChI is InChI=1S/C14H28O2Si/c1-12(2,3)17(7,8)16-14(9-10-15-6)11-13(14,4)5/h9-10H,11H2,1-8H3/b10-9+. The Labute approximate surface area is 108 Å². The molecule has 1 aliphatic carbocycles. The van der Waals surface area contributed by atoms with Crippen molar-refractivity contribution in [2.45, 2.75) is 64.8 Å². The molecule has 0 saturated heterocycles. The molecule has 1 atom stereocenters. The van der Waals surface area contributed by atoms with E-state index in [4.69, 9.17) is 9.16 Å². The zero-order chi connectivity index (χ0) is 13.5. The minimum Gasteiger partial charge on any atom is -0.505 e. The van der Waals surface area contributed by atoms with E-state index in [0.29, 0.717) is 0 Å². The van der Waals surface area contributed by atoms with Crippen LogP contribution in [0.1, 0.15) is 41.0 Å². The van der Waals surface area contributed by atoms with Crippen LogP contribution in [-0.4, -0.2) is 21.0 Å². The lowest BCUT2D eigenvalue weighted by molar-refractivity contribution is 0.161. The fourth-order valence-electron chi connectivity index (χ4n) is 1.89. The Morgan fingerprint density at radius 2 is 1.65 bits per heavy atom. The monoisotopic (exact) mass is 256 g/mol. The Morgan fingerprint density at radius 3 is 1.94 bits per heavy atom. The molecule has 0 bridgehead atoms. The van der Waals surface area contributed by atoms with Crippen molar-refractivity contribution in [3.63, 3.8) is 0 Å². The Balaban J connectivity index is 2.88. The summed E-state index contributed by atoms with van der Waals surface area (Å²) in [5.41, 5.74) is 0.129. The number of hydrogen-bond donors (Lipinski definition) is 0. The Bertz CT molecular complexity index is 313. The summed E-state index contributed by atoms with van der Waals surface area (Å²) in [7, 11) is -0.0370. The maximum Gasteiger partial charge on any atom is 0.193 e. The summed E-state index contributed by atoms with van der Waals surface area (Å²) in [4.78, 5) is 0. The largest absolute Gasteiger partial charge is 0.505 e. The van der Waals surface area contributed by atoms with Crippen molar-refractivity contribution < 1.29 is 9.16 Å². The molecule has 100 valence electrons. The topological polar surface area (TPSA) is 18.5 Å². The highest BCUT2D eigenvalue weighted by Gasteiger charge is 2.63. The van der Waals surface area contributed by atoms with Crippen LogP contribution in [0.2, 0.25) is 18.1 Å². The van der Waals surface area contributed by atoms with Gasteiger partial charge in [-0.3, -0.25) is 0 Å². The third kappa shape index (κ3) is 2.76. The Kier molecular flexibility index (Phi) is 3.59. The van der Waals surface area contributed by atoms with Gasteiger partial charge in [-0.15, -0.1) is 0 Å². The van der Waals surface area contributed by atoms with Gasteiger partial charge in [-0.2, -0.15) is 0 Å². The lowest BCUT2D eigenvalue weighted by Gasteiger charge is -2.40. The van der Waals surface area contributed by atoms with Gasteiger partial charge >= 0.3 is 0 Å². The minimum atomic E-state index is -1.72. The van der Waals surface area contributed by atoms with E-state index in [1.54, 1.807) is 13.4 Å². The van der Waals surface area contributed by atoms with Gasteiger partial charge in [0.1, 0.15) is 0 Å². The average Bonchev–Trinajstić information content (AvgIpc) is 2.62. The van der Waals surface area contributed by atoms with Gasteiger partial charge in [0.25, 0.3) is 0 Å². The fraction of sp³-hybridized carbons (Fsp3) is 0.857. The number of hydrogen-bond acceptors (Lipinski definition) is 2. The normalized spacial score (nSPS) is 28.5. The first-order chi connectivity index (χ1) is 7.47. The molecule has 2 nitrogen and oxygen atoms in total. The molecule has 1 unspecified atom stereocenters. The molecule has 17 heavy (non-hydrogen) atoms. The van der Waals surface area contributed by atoms with Crippen molar-refractivity contribution in [1.82, 2.24) is 0 Å². The summed E-state index contributed by atoms with van der Waals surface area (Å²) < 4.78 is 11.7. The summed E-state index contributed by atoms with van der Waals surface area (Å²) >= 11 is 0. The second-order valence-corrected chi connectivity index (χ2v) is 12.1. The molecule has 1 rings (SSSR count). The van der Waals surface area contributed by atoms with Crippen LogP contribution in [0.3, 0.4) is 0 Å². The molecule has 0 aromatic rings. The molecule has 0 N–H and O–H groups in total. The molecule has 0 spiro atoms. The van der Waals surface area contributed by atoms with E-state index in [9.17, 15) is 0 Å². The summed E-state index contributed by atoms with van der Waals surface area (Å²) in [5.74, 6) is 0. The van der Waals surface area contributed by atoms with Crippen LogP contribution in [-0.2, 0) is 9.16 Å². The summed E-state index contributed by atoms with van der Waals surface area (Å²) in [6, 6.07) is 0. The number of rotatable bonds is 4. The van der Waals surface area contributed by atoms with Crippen LogP contribution in [0, 0.1) is 5.41 Å². The molecule has 0 aromatic carbocycles. The molecule has 0 amide bonds. The van der Waals surface area contributed by atoms with Gasteiger partial charge in [-0.1, -0.05) is 34.6 Å². The lowest BCUT2D eigenvalue weighted by atomic mass is 10.1. The summed E-state index contributed by atoms with van der Waals surface area (Å²) in [6.07, 6.45) is 4.96. The first-order valence-corrected chi connectivity index (χ1v) is 9.29. The van der Waals surface area contributed by atoms with Gasteiger partial charge in [0.2, 0.25) is 0 Å². The van der Waals surface area contributed by atoms with Gasteiger partial charge in [-0.25, -0.2) is 0 Å². The Hall–Kier alpha value is -0.283. The average molecular weight is 256 g/mol. The lowest BCUT2D eigenvalue weighted by Crippen LogP contribution is -2.45. The maximum atomic E-state index is 6.59. The number of ether oxygens (including phenoxy) is 1. The van der Waals surface area contributed by atoms with Gasteiger partial charge in [0.15, 0.2) is 8.32 Å². The molecule has 1 aliphatic rings. The van der Waals surface area contributed by atoms with Gasteiger partial charge in [0, 0.05) is 0 Å². The van der Waals surface area contributed by atoms with E-state index in [-0.39, 0.29) is 16.1 Å². The van der Waals surface area contributed by atoms with E-state index in [1.165, 1.54) is 0 Å². The fourth-order valence-corrected chi connectivity index (χ4v) is 3.52. The van der Waals surface area contributed by atoms with Gasteiger partial charge in [-0.05, 0) is 36.0 Å². The van der Waals surface area contributed by atoms with Crippen molar-refractivity contribution in [2.24, 2.45) is 5.41 Å². The molecule has 0 aromatic heterocycles. The third-order valence-electron chi connectivity index (χ3n) is 4.44. The van der Waals surface area contributed by atoms with E-state index >= 15 is 0 Å². The van der Waals surface area contributed by atoms with Crippen molar-refractivity contribution in [3.8, 4) is 0 Å². The molecule has 3 heteroatoms. The minimum absolute atomic E-state index is 0.105. The Morgan fingerprint density at radius 1 is 1.18 bits per heavy atom. The van der Waals surface area contributed by atoms with Crippen molar-refractivity contribution in [1.29, 1.82) is 0 Å². The van der Waals surface area contributed by atoms with Crippen LogP contribution >= 0.6 is 0 Å². The zero-order valence-corrected chi connectivity index (χ0v) is 13.7. The van der Waals surface area contributed by atoms with Crippen molar-refractivity contribution in [3.05, 3.63) is 12.3 Å². The second-order valence-electron chi connectivity index (χ2n) is 7.35. The molecular formula is C14H28O2Si. The molecule has 1 saturated carbocycles. The summed E-state index contributed by atoms with van der Waals surface area (Å²) in [5, 5.41) is 0.250. The smallest absolute Gasteiger partial charge is 0.193 e. The third-order valence-corrected chi connectivity index (χ3v) is 8.93. The van der Waals surface area contributed by atoms with Gasteiger partial charge in [0.05, 0.1) is 19.0 Å². The van der Waals surface area contributed by atoms with Crippen LogP contribution in [0.15, 0.2) is 12.3 Å². The highest BCUT2D eigenvalue weighted by Crippen LogP contribution is 2.61. The zero-order valence-electron chi connectivity index (χ0n) is 12.7. The molecular weight excluding hydrogens is 228 g/mol. The molecule has 1 fully saturated rings. The first kappa shape index (κ1) is 14.8. The highest BCUT2D eigenvalue weighted by molar-refractivity contribution is 6.74. The van der Waals surface area contributed by atoms with E-state index in [0.717, 1.165) is 6.42 Å². The second kappa shape index (κ2) is 4.13. The van der Waals surface area contributed by atoms with Crippen LogP contribution in [0.5, 0.6) is 0 Å². The van der Waals surface area contributed by atoms with Gasteiger partial charge < -0.3 is 9.16 Å². The summed E-state index contributed by atoms with van der Waals surface area (Å²) in [6.45, 7) is 16.0. The predicted octanol–water partition coefficient (Wildman–Crippen LogP) is 4.34. The maximum absolute atomic E-state index is 6.59. The van der Waals surface area contributed by atoms with Crippen molar-refractivity contribution >= 4 is 8.32 Å². The van der Waals surface area contributed by atoms with Crippen LogP contribution < -0.4 is 0 Å². The molecule has 0 heterocycles. The predicted molar refractivity (Wildman–Crippen MR) is 75.6 cm³/mol. The van der Waals surface area contributed by atoms with E-state index in [1.807, 2.05) is 0 Å². The highest BCUT2D eigenvalue weighted by atomic mass is 28.4.